The van der Waals surface area contributed by atoms with E-state index in [1.54, 1.807) is 18.2 Å². The van der Waals surface area contributed by atoms with Crippen LogP contribution in [0.2, 0.25) is 5.02 Å². The second kappa shape index (κ2) is 6.38. The molecule has 1 saturated carbocycles. The maximum atomic E-state index is 14.6. The first-order valence-electron chi connectivity index (χ1n) is 10.7. The van der Waals surface area contributed by atoms with E-state index in [-0.39, 0.29) is 44.9 Å². The fourth-order valence-electron chi connectivity index (χ4n) is 5.20. The van der Waals surface area contributed by atoms with Gasteiger partial charge >= 0.3 is 11.8 Å². The molecule has 6 rings (SSSR count). The van der Waals surface area contributed by atoms with Crippen LogP contribution in [0.5, 0.6) is 0 Å². The van der Waals surface area contributed by atoms with Crippen molar-refractivity contribution in [2.75, 3.05) is 0 Å². The normalized spacial score (nSPS) is 20.2. The maximum absolute atomic E-state index is 14.6. The topological polar surface area (TPSA) is 46.9 Å². The van der Waals surface area contributed by atoms with Crippen LogP contribution in [0.25, 0.3) is 16.9 Å². The third kappa shape index (κ3) is 2.38. The highest BCUT2D eigenvalue weighted by Crippen LogP contribution is 2.78. The van der Waals surface area contributed by atoms with Gasteiger partial charge in [-0.05, 0) is 62.1 Å². The van der Waals surface area contributed by atoms with Crippen molar-refractivity contribution in [1.82, 2.24) is 15.1 Å². The molecule has 0 spiro atoms. The van der Waals surface area contributed by atoms with Gasteiger partial charge in [0.15, 0.2) is 0 Å². The first-order valence-corrected chi connectivity index (χ1v) is 11.1. The van der Waals surface area contributed by atoms with Gasteiger partial charge in [0.05, 0.1) is 22.0 Å². The molecule has 3 aromatic rings. The number of hydrogen-bond acceptors (Lipinski definition) is 2. The Bertz CT molecular complexity index is 1380. The number of benzene rings is 2. The Morgan fingerprint density at radius 1 is 1.03 bits per heavy atom. The Morgan fingerprint density at radius 3 is 2.24 bits per heavy atom. The van der Waals surface area contributed by atoms with Crippen LogP contribution in [0.4, 0.5) is 22.0 Å². The summed E-state index contributed by atoms with van der Waals surface area (Å²) in [7, 11) is 0. The van der Waals surface area contributed by atoms with Crippen molar-refractivity contribution >= 4 is 17.5 Å². The third-order valence-corrected chi connectivity index (χ3v) is 7.38. The average Bonchev–Trinajstić information content (AvgIpc) is 3.45. The van der Waals surface area contributed by atoms with Crippen molar-refractivity contribution in [3.8, 4) is 16.9 Å². The molecule has 1 heterocycles. The third-order valence-electron chi connectivity index (χ3n) is 7.05. The van der Waals surface area contributed by atoms with Gasteiger partial charge in [0.2, 0.25) is 0 Å². The van der Waals surface area contributed by atoms with Gasteiger partial charge in [-0.2, -0.15) is 22.7 Å². The molecule has 4 nitrogen and oxygen atoms in total. The van der Waals surface area contributed by atoms with Crippen LogP contribution < -0.4 is 5.32 Å². The Labute approximate surface area is 195 Å². The number of halogens is 6. The second-order valence-corrected chi connectivity index (χ2v) is 9.52. The van der Waals surface area contributed by atoms with E-state index in [1.807, 2.05) is 0 Å². The summed E-state index contributed by atoms with van der Waals surface area (Å²) in [6.07, 6.45) is 3.35. The molecule has 0 saturated heterocycles. The van der Waals surface area contributed by atoms with Crippen LogP contribution in [0, 0.1) is 13.8 Å². The van der Waals surface area contributed by atoms with Crippen LogP contribution in [-0.4, -0.2) is 21.7 Å². The lowest BCUT2D eigenvalue weighted by atomic mass is 9.52. The van der Waals surface area contributed by atoms with Crippen LogP contribution in [0.15, 0.2) is 30.5 Å². The molecule has 0 radical (unpaired) electrons. The lowest BCUT2D eigenvalue weighted by Crippen LogP contribution is -2.68. The number of amides is 1. The molecule has 0 unspecified atom stereocenters. The SMILES string of the molecule is Cc1c(-c2ccn(-c3ccc(Cl)c(C(=O)NC4CC4)c3)n2)c(C)c2c3c1C(F)(F)C3(F)C2(F)F. The van der Waals surface area contributed by atoms with E-state index < -0.39 is 34.2 Å². The van der Waals surface area contributed by atoms with Gasteiger partial charge in [0.1, 0.15) is 0 Å². The Morgan fingerprint density at radius 2 is 1.65 bits per heavy atom. The van der Waals surface area contributed by atoms with Gasteiger partial charge < -0.3 is 5.32 Å². The molecule has 2 aromatic carbocycles. The van der Waals surface area contributed by atoms with Crippen LogP contribution >= 0.6 is 11.6 Å². The highest BCUT2D eigenvalue weighted by Gasteiger charge is 2.88. The van der Waals surface area contributed by atoms with E-state index in [9.17, 15) is 26.7 Å². The highest BCUT2D eigenvalue weighted by molar-refractivity contribution is 6.33. The second-order valence-electron chi connectivity index (χ2n) is 9.11. The number of rotatable bonds is 4. The van der Waals surface area contributed by atoms with Crippen molar-refractivity contribution in [2.45, 2.75) is 50.2 Å². The molecule has 0 atom stereocenters. The number of nitrogens with zero attached hydrogens (tertiary/aromatic N) is 2. The summed E-state index contributed by atoms with van der Waals surface area (Å²) in [5.41, 5.74) is -4.83. The molecule has 1 amide bonds. The zero-order valence-electron chi connectivity index (χ0n) is 17.9. The van der Waals surface area contributed by atoms with Gasteiger partial charge in [0, 0.05) is 34.5 Å². The fraction of sp³-hybridized carbons (Fsp3) is 0.333. The highest BCUT2D eigenvalue weighted by atomic mass is 35.5. The number of aromatic nitrogens is 2. The van der Waals surface area contributed by atoms with Crippen LogP contribution in [-0.2, 0) is 17.5 Å². The molecule has 1 aromatic heterocycles. The number of carbonyl (C=O) groups excluding carboxylic acids is 1. The van der Waals surface area contributed by atoms with Crippen molar-refractivity contribution in [3.63, 3.8) is 0 Å². The summed E-state index contributed by atoms with van der Waals surface area (Å²) >= 11 is 6.19. The summed E-state index contributed by atoms with van der Waals surface area (Å²) in [5, 5.41) is 7.52. The molecular formula is C24H17ClF5N3O. The van der Waals surface area contributed by atoms with E-state index in [0.717, 1.165) is 12.8 Å². The first-order chi connectivity index (χ1) is 15.9. The predicted molar refractivity (Wildman–Crippen MR) is 115 cm³/mol. The largest absolute Gasteiger partial charge is 0.349 e. The van der Waals surface area contributed by atoms with Gasteiger partial charge in [0.25, 0.3) is 11.6 Å². The number of nitrogens with one attached hydrogen (secondary N) is 1. The summed E-state index contributed by atoms with van der Waals surface area (Å²) in [6.45, 7) is 2.73. The minimum absolute atomic E-state index is 0.0240. The number of alkyl halides is 5. The smallest absolute Gasteiger partial charge is 0.317 e. The van der Waals surface area contributed by atoms with Gasteiger partial charge in [-0.15, -0.1) is 0 Å². The molecule has 10 heteroatoms. The Balaban J connectivity index is 1.43. The van der Waals surface area contributed by atoms with E-state index in [1.165, 1.54) is 30.8 Å². The van der Waals surface area contributed by atoms with Crippen LogP contribution in [0.1, 0.15) is 51.0 Å². The monoisotopic (exact) mass is 493 g/mol. The van der Waals surface area contributed by atoms with Crippen molar-refractivity contribution in [2.24, 2.45) is 0 Å². The fourth-order valence-corrected chi connectivity index (χ4v) is 5.40. The minimum Gasteiger partial charge on any atom is -0.349 e. The van der Waals surface area contributed by atoms with Crippen LogP contribution in [0.3, 0.4) is 0 Å². The molecule has 34 heavy (non-hydrogen) atoms. The molecule has 3 aliphatic rings. The summed E-state index contributed by atoms with van der Waals surface area (Å²) < 4.78 is 74.1. The summed E-state index contributed by atoms with van der Waals surface area (Å²) in [4.78, 5) is 12.5. The zero-order chi connectivity index (χ0) is 24.4. The zero-order valence-corrected chi connectivity index (χ0v) is 18.7. The maximum Gasteiger partial charge on any atom is 0.317 e. The number of carbonyl (C=O) groups is 1. The molecule has 3 aliphatic carbocycles. The summed E-state index contributed by atoms with van der Waals surface area (Å²) in [5.74, 6) is -8.89. The molecule has 0 aliphatic heterocycles. The molecule has 1 N–H and O–H groups in total. The lowest BCUT2D eigenvalue weighted by Gasteiger charge is -2.58. The van der Waals surface area contributed by atoms with E-state index in [0.29, 0.717) is 5.69 Å². The average molecular weight is 494 g/mol. The first kappa shape index (κ1) is 21.6. The number of hydrogen-bond donors (Lipinski definition) is 1. The minimum atomic E-state index is -4.28. The molecular weight excluding hydrogens is 477 g/mol. The summed E-state index contributed by atoms with van der Waals surface area (Å²) in [6, 6.07) is 6.35. The lowest BCUT2D eigenvalue weighted by molar-refractivity contribution is -0.319. The van der Waals surface area contributed by atoms with Gasteiger partial charge in [-0.25, -0.2) is 9.07 Å². The molecule has 1 fully saturated rings. The van der Waals surface area contributed by atoms with Crippen molar-refractivity contribution < 1.29 is 26.7 Å². The van der Waals surface area contributed by atoms with E-state index in [4.69, 9.17) is 11.6 Å². The van der Waals surface area contributed by atoms with Crippen molar-refractivity contribution in [1.29, 1.82) is 0 Å². The van der Waals surface area contributed by atoms with E-state index >= 15 is 0 Å². The predicted octanol–water partition coefficient (Wildman–Crippen LogP) is 6.08. The Kier molecular flexibility index (Phi) is 4.05. The van der Waals surface area contributed by atoms with Gasteiger partial charge in [-0.1, -0.05) is 11.6 Å². The standard InChI is InChI=1S/C24H17ClF5N3O/c1-10-17(11(2)19-20-18(10)23(27,28)22(20,26)24(19,29)30)16-7-8-33(32-16)13-5-6-15(25)14(9-13)21(34)31-12-3-4-12/h5-9,12H,3-4H2,1-2H3,(H,31,34). The van der Waals surface area contributed by atoms with Crippen molar-refractivity contribution in [3.05, 3.63) is 68.9 Å². The quantitative estimate of drug-likeness (QED) is 0.448. The molecule has 0 bridgehead atoms. The van der Waals surface area contributed by atoms with E-state index in [2.05, 4.69) is 10.4 Å². The molecule has 176 valence electrons. The van der Waals surface area contributed by atoms with Gasteiger partial charge in [-0.3, -0.25) is 4.79 Å². The Hall–Kier alpha value is -2.94.